The Morgan fingerprint density at radius 2 is 2.38 bits per heavy atom. The Morgan fingerprint density at radius 3 is 3.00 bits per heavy atom. The summed E-state index contributed by atoms with van der Waals surface area (Å²) in [5.41, 5.74) is 1.91. The van der Waals surface area contributed by atoms with Crippen molar-refractivity contribution in [2.75, 3.05) is 0 Å². The fraction of sp³-hybridized carbons (Fsp3) is 0.417. The first-order chi connectivity index (χ1) is 7.86. The lowest BCUT2D eigenvalue weighted by Crippen LogP contribution is -2.06. The molecule has 0 aliphatic heterocycles. The summed E-state index contributed by atoms with van der Waals surface area (Å²) in [6.45, 7) is 1.03. The quantitative estimate of drug-likeness (QED) is 0.882. The minimum absolute atomic E-state index is 0.0745. The zero-order valence-electron chi connectivity index (χ0n) is 8.97. The van der Waals surface area contributed by atoms with Crippen molar-refractivity contribution in [3.8, 4) is 10.6 Å². The Bertz CT molecular complexity index is 471. The highest BCUT2D eigenvalue weighted by Crippen LogP contribution is 2.32. The van der Waals surface area contributed by atoms with Gasteiger partial charge in [0.2, 0.25) is 0 Å². The standard InChI is InChI=1S/C12H14N2OS/c15-8-10-6-11(12-2-1-5-16-12)13-14(10)7-9-3-4-9/h1-2,5-6,9,15H,3-4,7-8H2. The molecule has 1 saturated carbocycles. The lowest BCUT2D eigenvalue weighted by Gasteiger charge is -2.02. The summed E-state index contributed by atoms with van der Waals surface area (Å²) in [4.78, 5) is 1.17. The van der Waals surface area contributed by atoms with Crippen LogP contribution >= 0.6 is 11.3 Å². The lowest BCUT2D eigenvalue weighted by atomic mass is 10.3. The second-order valence-electron chi connectivity index (χ2n) is 4.28. The van der Waals surface area contributed by atoms with Gasteiger partial charge < -0.3 is 5.11 Å². The first-order valence-electron chi connectivity index (χ1n) is 5.58. The number of hydrogen-bond acceptors (Lipinski definition) is 3. The van der Waals surface area contributed by atoms with Crippen LogP contribution in [0.5, 0.6) is 0 Å². The SMILES string of the molecule is OCc1cc(-c2cccs2)nn1CC1CC1. The molecule has 0 saturated heterocycles. The molecule has 1 aliphatic rings. The molecule has 1 fully saturated rings. The van der Waals surface area contributed by atoms with Gasteiger partial charge in [0.15, 0.2) is 0 Å². The maximum absolute atomic E-state index is 9.31. The normalized spacial score (nSPS) is 15.6. The highest BCUT2D eigenvalue weighted by Gasteiger charge is 2.23. The van der Waals surface area contributed by atoms with Crippen LogP contribution in [0.25, 0.3) is 10.6 Å². The average molecular weight is 234 g/mol. The highest BCUT2D eigenvalue weighted by molar-refractivity contribution is 7.13. The van der Waals surface area contributed by atoms with Crippen molar-refractivity contribution in [2.24, 2.45) is 5.92 Å². The van der Waals surface area contributed by atoms with Crippen LogP contribution in [0.2, 0.25) is 0 Å². The summed E-state index contributed by atoms with van der Waals surface area (Å²) in [6.07, 6.45) is 2.61. The lowest BCUT2D eigenvalue weighted by molar-refractivity contribution is 0.266. The minimum atomic E-state index is 0.0745. The fourth-order valence-corrected chi connectivity index (χ4v) is 2.51. The molecule has 0 atom stereocenters. The van der Waals surface area contributed by atoms with E-state index in [0.717, 1.165) is 23.9 Å². The molecule has 2 heterocycles. The van der Waals surface area contributed by atoms with Crippen LogP contribution in [0.15, 0.2) is 23.6 Å². The van der Waals surface area contributed by atoms with Crippen molar-refractivity contribution in [2.45, 2.75) is 26.0 Å². The number of aliphatic hydroxyl groups is 1. The molecule has 16 heavy (non-hydrogen) atoms. The van der Waals surface area contributed by atoms with Crippen LogP contribution in [-0.4, -0.2) is 14.9 Å². The highest BCUT2D eigenvalue weighted by atomic mass is 32.1. The van der Waals surface area contributed by atoms with Gasteiger partial charge in [-0.15, -0.1) is 11.3 Å². The molecular weight excluding hydrogens is 220 g/mol. The number of aliphatic hydroxyl groups excluding tert-OH is 1. The molecule has 84 valence electrons. The van der Waals surface area contributed by atoms with E-state index in [-0.39, 0.29) is 6.61 Å². The van der Waals surface area contributed by atoms with E-state index in [1.165, 1.54) is 17.7 Å². The van der Waals surface area contributed by atoms with Gasteiger partial charge in [0.1, 0.15) is 5.69 Å². The van der Waals surface area contributed by atoms with E-state index in [4.69, 9.17) is 0 Å². The van der Waals surface area contributed by atoms with Crippen molar-refractivity contribution in [3.63, 3.8) is 0 Å². The van der Waals surface area contributed by atoms with E-state index in [1.807, 2.05) is 22.2 Å². The van der Waals surface area contributed by atoms with E-state index in [0.29, 0.717) is 0 Å². The molecule has 0 unspecified atom stereocenters. The Balaban J connectivity index is 1.91. The monoisotopic (exact) mass is 234 g/mol. The molecule has 0 amide bonds. The molecule has 0 radical (unpaired) electrons. The molecule has 0 aromatic carbocycles. The van der Waals surface area contributed by atoms with Crippen LogP contribution in [-0.2, 0) is 13.2 Å². The second-order valence-corrected chi connectivity index (χ2v) is 5.23. The summed E-state index contributed by atoms with van der Waals surface area (Å²) in [5, 5.41) is 15.9. The number of hydrogen-bond donors (Lipinski definition) is 1. The van der Waals surface area contributed by atoms with Crippen LogP contribution in [0, 0.1) is 5.92 Å². The van der Waals surface area contributed by atoms with Gasteiger partial charge >= 0.3 is 0 Å². The van der Waals surface area contributed by atoms with Gasteiger partial charge in [0.05, 0.1) is 17.2 Å². The van der Waals surface area contributed by atoms with Gasteiger partial charge in [-0.3, -0.25) is 4.68 Å². The predicted octanol–water partition coefficient (Wildman–Crippen LogP) is 2.51. The topological polar surface area (TPSA) is 38.1 Å². The van der Waals surface area contributed by atoms with Gasteiger partial charge in [-0.1, -0.05) is 6.07 Å². The molecule has 0 spiro atoms. The van der Waals surface area contributed by atoms with Crippen molar-refractivity contribution >= 4 is 11.3 Å². The first-order valence-corrected chi connectivity index (χ1v) is 6.46. The Labute approximate surface area is 98.3 Å². The third-order valence-corrected chi connectivity index (χ3v) is 3.82. The molecule has 3 rings (SSSR count). The number of nitrogens with zero attached hydrogens (tertiary/aromatic N) is 2. The molecule has 1 aliphatic carbocycles. The molecule has 0 bridgehead atoms. The number of thiophene rings is 1. The van der Waals surface area contributed by atoms with Gasteiger partial charge in [-0.05, 0) is 36.3 Å². The molecular formula is C12H14N2OS. The third-order valence-electron chi connectivity index (χ3n) is 2.93. The number of rotatable bonds is 4. The minimum Gasteiger partial charge on any atom is -0.390 e. The van der Waals surface area contributed by atoms with Crippen LogP contribution in [0.3, 0.4) is 0 Å². The second kappa shape index (κ2) is 4.03. The summed E-state index contributed by atoms with van der Waals surface area (Å²) in [5.74, 6) is 0.779. The van der Waals surface area contributed by atoms with E-state index in [9.17, 15) is 5.11 Å². The van der Waals surface area contributed by atoms with Crippen molar-refractivity contribution in [3.05, 3.63) is 29.3 Å². The van der Waals surface area contributed by atoms with Gasteiger partial charge in [-0.25, -0.2) is 0 Å². The summed E-state index contributed by atoms with van der Waals surface area (Å²) in [7, 11) is 0. The first kappa shape index (κ1) is 10.1. The predicted molar refractivity (Wildman–Crippen MR) is 64.2 cm³/mol. The van der Waals surface area contributed by atoms with Crippen molar-refractivity contribution in [1.82, 2.24) is 9.78 Å². The van der Waals surface area contributed by atoms with Crippen LogP contribution in [0.1, 0.15) is 18.5 Å². The zero-order valence-corrected chi connectivity index (χ0v) is 9.78. The van der Waals surface area contributed by atoms with Crippen LogP contribution in [0.4, 0.5) is 0 Å². The van der Waals surface area contributed by atoms with Gasteiger partial charge in [0, 0.05) is 6.54 Å². The van der Waals surface area contributed by atoms with E-state index >= 15 is 0 Å². The average Bonchev–Trinajstić information content (AvgIpc) is 2.83. The van der Waals surface area contributed by atoms with Gasteiger partial charge in [-0.2, -0.15) is 5.10 Å². The smallest absolute Gasteiger partial charge is 0.103 e. The fourth-order valence-electron chi connectivity index (χ4n) is 1.83. The number of aromatic nitrogens is 2. The van der Waals surface area contributed by atoms with E-state index in [2.05, 4.69) is 11.2 Å². The Hall–Kier alpha value is -1.13. The van der Waals surface area contributed by atoms with E-state index < -0.39 is 0 Å². The molecule has 2 aromatic heterocycles. The summed E-state index contributed by atoms with van der Waals surface area (Å²) < 4.78 is 1.96. The molecule has 3 nitrogen and oxygen atoms in total. The largest absolute Gasteiger partial charge is 0.390 e. The summed E-state index contributed by atoms with van der Waals surface area (Å²) >= 11 is 1.69. The van der Waals surface area contributed by atoms with Crippen molar-refractivity contribution in [1.29, 1.82) is 0 Å². The molecule has 1 N–H and O–H groups in total. The Kier molecular flexibility index (Phi) is 2.53. The zero-order chi connectivity index (χ0) is 11.0. The molecule has 4 heteroatoms. The van der Waals surface area contributed by atoms with Crippen LogP contribution < -0.4 is 0 Å². The van der Waals surface area contributed by atoms with Gasteiger partial charge in [0.25, 0.3) is 0 Å². The maximum atomic E-state index is 9.31. The maximum Gasteiger partial charge on any atom is 0.103 e. The summed E-state index contributed by atoms with van der Waals surface area (Å²) in [6, 6.07) is 6.09. The molecule has 2 aromatic rings. The Morgan fingerprint density at radius 1 is 1.50 bits per heavy atom. The van der Waals surface area contributed by atoms with Crippen molar-refractivity contribution < 1.29 is 5.11 Å². The van der Waals surface area contributed by atoms with E-state index in [1.54, 1.807) is 11.3 Å². The third kappa shape index (κ3) is 1.90.